The van der Waals surface area contributed by atoms with Crippen molar-refractivity contribution in [1.29, 1.82) is 0 Å². The Labute approximate surface area is 171 Å². The molecule has 0 radical (unpaired) electrons. The molecule has 0 aromatic heterocycles. The molecule has 1 aromatic rings. The molecule has 2 saturated heterocycles. The summed E-state index contributed by atoms with van der Waals surface area (Å²) in [6.45, 7) is 6.65. The van der Waals surface area contributed by atoms with Gasteiger partial charge in [0.15, 0.2) is 0 Å². The van der Waals surface area contributed by atoms with Crippen molar-refractivity contribution in [2.75, 3.05) is 45.9 Å². The van der Waals surface area contributed by atoms with E-state index in [9.17, 15) is 18.0 Å². The molecule has 10 heteroatoms. The van der Waals surface area contributed by atoms with Gasteiger partial charge in [-0.1, -0.05) is 12.1 Å². The zero-order valence-electron chi connectivity index (χ0n) is 16.8. The van der Waals surface area contributed by atoms with Crippen LogP contribution in [0.4, 0.5) is 0 Å². The Kier molecular flexibility index (Phi) is 6.57. The quantitative estimate of drug-likeness (QED) is 0.640. The van der Waals surface area contributed by atoms with Gasteiger partial charge in [0.05, 0.1) is 30.2 Å². The summed E-state index contributed by atoms with van der Waals surface area (Å²) in [6.07, 6.45) is 0. The van der Waals surface area contributed by atoms with Crippen molar-refractivity contribution in [1.82, 2.24) is 19.8 Å². The van der Waals surface area contributed by atoms with E-state index in [-0.39, 0.29) is 29.8 Å². The molecule has 0 atom stereocenters. The highest BCUT2D eigenvalue weighted by Gasteiger charge is 2.38. The van der Waals surface area contributed by atoms with Gasteiger partial charge in [-0.25, -0.2) is 8.42 Å². The predicted molar refractivity (Wildman–Crippen MR) is 107 cm³/mol. The third-order valence-corrected chi connectivity index (χ3v) is 7.28. The first-order valence-electron chi connectivity index (χ1n) is 9.68. The Hall–Kier alpha value is -2.01. The molecule has 2 aliphatic rings. The van der Waals surface area contributed by atoms with Crippen molar-refractivity contribution >= 4 is 21.8 Å². The number of piperazine rings is 1. The summed E-state index contributed by atoms with van der Waals surface area (Å²) in [5.74, 6) is -0.272. The minimum Gasteiger partial charge on any atom is -0.379 e. The molecule has 3 rings (SSSR count). The predicted octanol–water partition coefficient (Wildman–Crippen LogP) is -0.466. The van der Waals surface area contributed by atoms with Crippen LogP contribution in [0.5, 0.6) is 0 Å². The third-order valence-electron chi connectivity index (χ3n) is 5.37. The normalized spacial score (nSPS) is 20.8. The van der Waals surface area contributed by atoms with Crippen LogP contribution in [0.3, 0.4) is 0 Å². The van der Waals surface area contributed by atoms with E-state index in [1.54, 1.807) is 38.1 Å². The fourth-order valence-electron chi connectivity index (χ4n) is 3.37. The molecular weight excluding hydrogens is 396 g/mol. The monoisotopic (exact) mass is 424 g/mol. The molecular formula is C19H28N4O5S. The lowest BCUT2D eigenvalue weighted by Crippen LogP contribution is -2.63. The summed E-state index contributed by atoms with van der Waals surface area (Å²) in [7, 11) is -3.53. The van der Waals surface area contributed by atoms with Gasteiger partial charge in [0.1, 0.15) is 0 Å². The number of benzene rings is 1. The van der Waals surface area contributed by atoms with Gasteiger partial charge >= 0.3 is 0 Å². The van der Waals surface area contributed by atoms with E-state index in [1.807, 2.05) is 4.90 Å². The summed E-state index contributed by atoms with van der Waals surface area (Å²) in [5, 5.41) is 5.63. The zero-order chi connectivity index (χ0) is 21.1. The van der Waals surface area contributed by atoms with Gasteiger partial charge in [0.2, 0.25) is 21.8 Å². The number of carbonyl (C=O) groups is 2. The van der Waals surface area contributed by atoms with Crippen LogP contribution < -0.4 is 10.6 Å². The molecule has 0 bridgehead atoms. The number of hydrogen-bond donors (Lipinski definition) is 2. The molecule has 1 aromatic carbocycles. The smallest absolute Gasteiger partial charge is 0.243 e. The summed E-state index contributed by atoms with van der Waals surface area (Å²) in [4.78, 5) is 26.4. The number of morpholine rings is 1. The highest BCUT2D eigenvalue weighted by atomic mass is 32.2. The lowest BCUT2D eigenvalue weighted by Gasteiger charge is -2.40. The highest BCUT2D eigenvalue weighted by molar-refractivity contribution is 7.89. The van der Waals surface area contributed by atoms with Crippen molar-refractivity contribution in [2.24, 2.45) is 0 Å². The van der Waals surface area contributed by atoms with Crippen LogP contribution in [-0.2, 0) is 30.9 Å². The lowest BCUT2D eigenvalue weighted by atomic mass is 9.99. The van der Waals surface area contributed by atoms with Crippen LogP contribution in [0.1, 0.15) is 19.4 Å². The number of amides is 2. The number of sulfonamides is 1. The zero-order valence-corrected chi connectivity index (χ0v) is 17.6. The molecule has 9 nitrogen and oxygen atoms in total. The molecule has 29 heavy (non-hydrogen) atoms. The molecule has 0 unspecified atom stereocenters. The van der Waals surface area contributed by atoms with Gasteiger partial charge in [-0.3, -0.25) is 14.5 Å². The number of ether oxygens (including phenoxy) is 1. The molecule has 0 spiro atoms. The van der Waals surface area contributed by atoms with Gasteiger partial charge in [-0.05, 0) is 31.5 Å². The number of hydrogen-bond acceptors (Lipinski definition) is 6. The van der Waals surface area contributed by atoms with Crippen molar-refractivity contribution in [3.05, 3.63) is 29.8 Å². The van der Waals surface area contributed by atoms with Crippen molar-refractivity contribution in [2.45, 2.75) is 30.8 Å². The number of nitrogens with zero attached hydrogens (tertiary/aromatic N) is 2. The molecule has 160 valence electrons. The fourth-order valence-corrected chi connectivity index (χ4v) is 4.77. The summed E-state index contributed by atoms with van der Waals surface area (Å²) in [5.41, 5.74) is 0.0698. The number of nitrogens with one attached hydrogen (secondary N) is 2. The van der Waals surface area contributed by atoms with Gasteiger partial charge < -0.3 is 15.4 Å². The van der Waals surface area contributed by atoms with E-state index >= 15 is 0 Å². The lowest BCUT2D eigenvalue weighted by molar-refractivity contribution is -0.137. The van der Waals surface area contributed by atoms with Crippen molar-refractivity contribution in [3.8, 4) is 0 Å². The second kappa shape index (κ2) is 8.78. The minimum atomic E-state index is -3.53. The van der Waals surface area contributed by atoms with Crippen molar-refractivity contribution < 1.29 is 22.7 Å². The average Bonchev–Trinajstić information content (AvgIpc) is 2.71. The van der Waals surface area contributed by atoms with Gasteiger partial charge in [-0.15, -0.1) is 0 Å². The maximum Gasteiger partial charge on any atom is 0.243 e. The van der Waals surface area contributed by atoms with Gasteiger partial charge in [0, 0.05) is 32.7 Å². The minimum absolute atomic E-state index is 0.0892. The molecule has 0 saturated carbocycles. The molecule has 2 aliphatic heterocycles. The highest BCUT2D eigenvalue weighted by Crippen LogP contribution is 2.18. The second-order valence-electron chi connectivity index (χ2n) is 7.67. The maximum absolute atomic E-state index is 12.6. The summed E-state index contributed by atoms with van der Waals surface area (Å²) >= 11 is 0. The van der Waals surface area contributed by atoms with E-state index in [1.165, 1.54) is 4.31 Å². The largest absolute Gasteiger partial charge is 0.379 e. The van der Waals surface area contributed by atoms with Crippen LogP contribution in [0.2, 0.25) is 0 Å². The number of rotatable bonds is 6. The Morgan fingerprint density at radius 3 is 2.48 bits per heavy atom. The van der Waals surface area contributed by atoms with E-state index in [2.05, 4.69) is 10.6 Å². The van der Waals surface area contributed by atoms with E-state index < -0.39 is 15.6 Å². The fraction of sp³-hybridized carbons (Fsp3) is 0.579. The first-order valence-corrected chi connectivity index (χ1v) is 11.1. The van der Waals surface area contributed by atoms with Crippen LogP contribution >= 0.6 is 0 Å². The Bertz CT molecular complexity index is 848. The standard InChI is InChI=1S/C19H28N4O5S/c1-19(2)18(25)20-7-8-22(19)14-17(24)21-13-15-3-5-16(6-4-15)29(26,27)23-9-11-28-12-10-23/h3-6H,7-14H2,1-2H3,(H,20,25)(H,21,24). The van der Waals surface area contributed by atoms with Crippen LogP contribution in [-0.4, -0.2) is 80.9 Å². The second-order valence-corrected chi connectivity index (χ2v) is 9.61. The van der Waals surface area contributed by atoms with Gasteiger partial charge in [-0.2, -0.15) is 4.31 Å². The maximum atomic E-state index is 12.6. The first kappa shape index (κ1) is 21.7. The topological polar surface area (TPSA) is 108 Å². The number of carbonyl (C=O) groups excluding carboxylic acids is 2. The molecule has 0 aliphatic carbocycles. The Balaban J connectivity index is 1.55. The van der Waals surface area contributed by atoms with Crippen molar-refractivity contribution in [3.63, 3.8) is 0 Å². The van der Waals surface area contributed by atoms with E-state index in [0.29, 0.717) is 39.4 Å². The third kappa shape index (κ3) is 4.95. The molecule has 2 amide bonds. The van der Waals surface area contributed by atoms with Crippen LogP contribution in [0.25, 0.3) is 0 Å². The van der Waals surface area contributed by atoms with Crippen LogP contribution in [0, 0.1) is 0 Å². The summed E-state index contributed by atoms with van der Waals surface area (Å²) < 4.78 is 31.9. The molecule has 2 N–H and O–H groups in total. The summed E-state index contributed by atoms with van der Waals surface area (Å²) in [6, 6.07) is 6.52. The first-order chi connectivity index (χ1) is 13.7. The van der Waals surface area contributed by atoms with Gasteiger partial charge in [0.25, 0.3) is 0 Å². The SMILES string of the molecule is CC1(C)C(=O)NCCN1CC(=O)NCc1ccc(S(=O)(=O)N2CCOCC2)cc1. The Morgan fingerprint density at radius 1 is 1.17 bits per heavy atom. The van der Waals surface area contributed by atoms with E-state index in [0.717, 1.165) is 5.56 Å². The molecule has 2 heterocycles. The molecule has 2 fully saturated rings. The average molecular weight is 425 g/mol. The van der Waals surface area contributed by atoms with Crippen LogP contribution in [0.15, 0.2) is 29.2 Å². The Morgan fingerprint density at radius 2 is 1.83 bits per heavy atom. The van der Waals surface area contributed by atoms with E-state index in [4.69, 9.17) is 4.74 Å².